The summed E-state index contributed by atoms with van der Waals surface area (Å²) in [6, 6.07) is 3.91. The minimum Gasteiger partial charge on any atom is -0.389 e. The Morgan fingerprint density at radius 3 is 2.81 bits per heavy atom. The Kier molecular flexibility index (Phi) is 3.10. The van der Waals surface area contributed by atoms with E-state index in [-0.39, 0.29) is 0 Å². The van der Waals surface area contributed by atoms with Crippen molar-refractivity contribution in [3.8, 4) is 0 Å². The number of nitrogens with zero attached hydrogens (tertiary/aromatic N) is 2. The number of nitrogens with two attached hydrogens (primary N) is 1. The van der Waals surface area contributed by atoms with Crippen LogP contribution in [0.3, 0.4) is 0 Å². The summed E-state index contributed by atoms with van der Waals surface area (Å²) < 4.78 is 0. The molecule has 0 atom stereocenters. The quantitative estimate of drug-likeness (QED) is 0.809. The highest BCUT2D eigenvalue weighted by molar-refractivity contribution is 7.80. The highest BCUT2D eigenvalue weighted by Crippen LogP contribution is 2.31. The topological polar surface area (TPSA) is 42.1 Å². The molecule has 0 spiro atoms. The minimum atomic E-state index is 0.421. The molecule has 0 bridgehead atoms. The van der Waals surface area contributed by atoms with Gasteiger partial charge < -0.3 is 10.6 Å². The molecule has 1 aliphatic rings. The van der Waals surface area contributed by atoms with Gasteiger partial charge in [-0.1, -0.05) is 12.2 Å². The van der Waals surface area contributed by atoms with E-state index in [0.29, 0.717) is 4.99 Å². The predicted octanol–water partition coefficient (Wildman–Crippen LogP) is 1.87. The Labute approximate surface area is 102 Å². The summed E-state index contributed by atoms with van der Waals surface area (Å²) in [6.45, 7) is 3.03. The van der Waals surface area contributed by atoms with Gasteiger partial charge >= 0.3 is 0 Å². The largest absolute Gasteiger partial charge is 0.389 e. The second kappa shape index (κ2) is 4.37. The monoisotopic (exact) mass is 235 g/mol. The van der Waals surface area contributed by atoms with Crippen LogP contribution in [0.25, 0.3) is 0 Å². The van der Waals surface area contributed by atoms with E-state index in [1.54, 1.807) is 0 Å². The van der Waals surface area contributed by atoms with Gasteiger partial charge in [0.2, 0.25) is 0 Å². The molecule has 0 aromatic carbocycles. The van der Waals surface area contributed by atoms with Crippen LogP contribution in [0.4, 0.5) is 5.82 Å². The Morgan fingerprint density at radius 2 is 2.25 bits per heavy atom. The maximum Gasteiger partial charge on any atom is 0.138 e. The van der Waals surface area contributed by atoms with Crippen LogP contribution >= 0.6 is 12.2 Å². The molecule has 2 rings (SSSR count). The first-order valence-electron chi connectivity index (χ1n) is 5.56. The van der Waals surface area contributed by atoms with E-state index >= 15 is 0 Å². The fourth-order valence-corrected chi connectivity index (χ4v) is 1.96. The van der Waals surface area contributed by atoms with Crippen LogP contribution in [-0.2, 0) is 0 Å². The van der Waals surface area contributed by atoms with Gasteiger partial charge in [-0.25, -0.2) is 4.98 Å². The number of aryl methyl sites for hydroxylation is 1. The average Bonchev–Trinajstić information content (AvgIpc) is 3.01. The summed E-state index contributed by atoms with van der Waals surface area (Å²) in [7, 11) is 2.06. The maximum atomic E-state index is 5.71. The van der Waals surface area contributed by atoms with E-state index in [2.05, 4.69) is 16.9 Å². The van der Waals surface area contributed by atoms with Crippen LogP contribution in [0.15, 0.2) is 12.1 Å². The van der Waals surface area contributed by atoms with Crippen molar-refractivity contribution >= 4 is 23.0 Å². The van der Waals surface area contributed by atoms with E-state index in [1.165, 1.54) is 12.8 Å². The van der Waals surface area contributed by atoms with Gasteiger partial charge in [0, 0.05) is 19.3 Å². The number of hydrogen-bond acceptors (Lipinski definition) is 3. The van der Waals surface area contributed by atoms with Gasteiger partial charge in [0.1, 0.15) is 10.8 Å². The lowest BCUT2D eigenvalue weighted by atomic mass is 10.2. The van der Waals surface area contributed by atoms with Crippen molar-refractivity contribution < 1.29 is 0 Å². The lowest BCUT2D eigenvalue weighted by molar-refractivity contribution is 0.775. The Morgan fingerprint density at radius 1 is 1.56 bits per heavy atom. The molecule has 0 aliphatic heterocycles. The van der Waals surface area contributed by atoms with Crippen LogP contribution in [-0.4, -0.2) is 23.6 Å². The third-order valence-electron chi connectivity index (χ3n) is 2.87. The van der Waals surface area contributed by atoms with Gasteiger partial charge in [0.05, 0.1) is 5.56 Å². The molecule has 1 aromatic rings. The molecule has 0 radical (unpaired) electrons. The van der Waals surface area contributed by atoms with Crippen molar-refractivity contribution in [3.05, 3.63) is 23.4 Å². The fraction of sp³-hybridized carbons (Fsp3) is 0.500. The Hall–Kier alpha value is -1.16. The van der Waals surface area contributed by atoms with Crippen molar-refractivity contribution in [2.75, 3.05) is 18.5 Å². The zero-order valence-electron chi connectivity index (χ0n) is 9.73. The summed E-state index contributed by atoms with van der Waals surface area (Å²) in [4.78, 5) is 7.12. The summed E-state index contributed by atoms with van der Waals surface area (Å²) in [5, 5.41) is 0. The van der Waals surface area contributed by atoms with Gasteiger partial charge in [-0.3, -0.25) is 0 Å². The predicted molar refractivity (Wildman–Crippen MR) is 70.9 cm³/mol. The summed E-state index contributed by atoms with van der Waals surface area (Å²) in [5.74, 6) is 1.74. The number of thiocarbonyl (C=S) groups is 1. The van der Waals surface area contributed by atoms with E-state index in [9.17, 15) is 0 Å². The van der Waals surface area contributed by atoms with Gasteiger partial charge in [-0.15, -0.1) is 0 Å². The van der Waals surface area contributed by atoms with E-state index in [4.69, 9.17) is 18.0 Å². The SMILES string of the molecule is Cc1ccc(C(N)=S)c(N(C)CC2CC2)n1. The summed E-state index contributed by atoms with van der Waals surface area (Å²) in [6.07, 6.45) is 2.66. The molecule has 0 saturated heterocycles. The summed E-state index contributed by atoms with van der Waals surface area (Å²) in [5.41, 5.74) is 7.59. The first kappa shape index (κ1) is 11.3. The molecule has 4 heteroatoms. The molecule has 1 aromatic heterocycles. The maximum absolute atomic E-state index is 5.71. The molecular weight excluding hydrogens is 218 g/mol. The highest BCUT2D eigenvalue weighted by atomic mass is 32.1. The van der Waals surface area contributed by atoms with Gasteiger partial charge in [-0.2, -0.15) is 0 Å². The molecular formula is C12H17N3S. The fourth-order valence-electron chi connectivity index (χ4n) is 1.80. The van der Waals surface area contributed by atoms with E-state index in [0.717, 1.165) is 29.5 Å². The normalized spacial score (nSPS) is 14.9. The van der Waals surface area contributed by atoms with Crippen LogP contribution in [0.2, 0.25) is 0 Å². The molecule has 16 heavy (non-hydrogen) atoms. The number of hydrogen-bond donors (Lipinski definition) is 1. The van der Waals surface area contributed by atoms with Crippen molar-refractivity contribution in [1.82, 2.24) is 4.98 Å². The second-order valence-corrected chi connectivity index (χ2v) is 4.95. The van der Waals surface area contributed by atoms with Crippen molar-refractivity contribution in [1.29, 1.82) is 0 Å². The second-order valence-electron chi connectivity index (χ2n) is 4.51. The van der Waals surface area contributed by atoms with Crippen LogP contribution in [0, 0.1) is 12.8 Å². The minimum absolute atomic E-state index is 0.421. The first-order chi connectivity index (χ1) is 7.58. The third kappa shape index (κ3) is 2.50. The van der Waals surface area contributed by atoms with Crippen molar-refractivity contribution in [3.63, 3.8) is 0 Å². The zero-order chi connectivity index (χ0) is 11.7. The summed E-state index contributed by atoms with van der Waals surface area (Å²) >= 11 is 5.05. The zero-order valence-corrected chi connectivity index (χ0v) is 10.5. The molecule has 1 aliphatic carbocycles. The highest BCUT2D eigenvalue weighted by Gasteiger charge is 2.24. The van der Waals surface area contributed by atoms with E-state index in [1.807, 2.05) is 19.1 Å². The number of aromatic nitrogens is 1. The molecule has 1 saturated carbocycles. The van der Waals surface area contributed by atoms with Crippen LogP contribution in [0.5, 0.6) is 0 Å². The molecule has 0 amide bonds. The Bertz CT molecular complexity index is 413. The molecule has 86 valence electrons. The molecule has 2 N–H and O–H groups in total. The molecule has 1 fully saturated rings. The van der Waals surface area contributed by atoms with E-state index < -0.39 is 0 Å². The number of rotatable bonds is 4. The van der Waals surface area contributed by atoms with Gasteiger partial charge in [-0.05, 0) is 37.8 Å². The van der Waals surface area contributed by atoms with Crippen LogP contribution < -0.4 is 10.6 Å². The van der Waals surface area contributed by atoms with Crippen LogP contribution in [0.1, 0.15) is 24.1 Å². The Balaban J connectivity index is 2.27. The molecule has 3 nitrogen and oxygen atoms in total. The standard InChI is InChI=1S/C12H17N3S/c1-8-3-6-10(11(13)16)12(14-8)15(2)7-9-4-5-9/h3,6,9H,4-5,7H2,1-2H3,(H2,13,16). The lowest BCUT2D eigenvalue weighted by Gasteiger charge is -2.21. The average molecular weight is 235 g/mol. The molecule has 0 unspecified atom stereocenters. The first-order valence-corrected chi connectivity index (χ1v) is 5.97. The van der Waals surface area contributed by atoms with Crippen molar-refractivity contribution in [2.45, 2.75) is 19.8 Å². The van der Waals surface area contributed by atoms with Crippen molar-refractivity contribution in [2.24, 2.45) is 11.7 Å². The smallest absolute Gasteiger partial charge is 0.138 e. The number of pyridine rings is 1. The van der Waals surface area contributed by atoms with Gasteiger partial charge in [0.15, 0.2) is 0 Å². The lowest BCUT2D eigenvalue weighted by Crippen LogP contribution is -2.25. The third-order valence-corrected chi connectivity index (χ3v) is 3.09. The molecule has 1 heterocycles. The van der Waals surface area contributed by atoms with Gasteiger partial charge in [0.25, 0.3) is 0 Å². The number of anilines is 1.